The smallest absolute Gasteiger partial charge is 0.313 e. The van der Waals surface area contributed by atoms with E-state index in [9.17, 15) is 29.7 Å². The Bertz CT molecular complexity index is 760. The van der Waals surface area contributed by atoms with E-state index >= 15 is 0 Å². The highest BCUT2D eigenvalue weighted by Gasteiger charge is 2.16. The van der Waals surface area contributed by atoms with Crippen LogP contribution in [0.15, 0.2) is 0 Å². The largest absolute Gasteiger partial charge is 0.466 e. The van der Waals surface area contributed by atoms with E-state index in [1.54, 1.807) is 13.8 Å². The van der Waals surface area contributed by atoms with Crippen molar-refractivity contribution in [2.75, 3.05) is 13.2 Å². The van der Waals surface area contributed by atoms with Crippen molar-refractivity contribution < 1.29 is 39.2 Å². The summed E-state index contributed by atoms with van der Waals surface area (Å²) >= 11 is 0. The fourth-order valence-corrected chi connectivity index (χ4v) is 3.32. The Morgan fingerprint density at radius 3 is 1.62 bits per heavy atom. The molecule has 0 saturated heterocycles. The molecule has 0 bridgehead atoms. The minimum absolute atomic E-state index is 0.0797. The van der Waals surface area contributed by atoms with E-state index in [2.05, 4.69) is 47.3 Å². The molecule has 0 heterocycles. The lowest BCUT2D eigenvalue weighted by Crippen LogP contribution is -2.22. The number of aliphatic hydroxyl groups is 3. The molecule has 0 aliphatic rings. The Kier molecular flexibility index (Phi) is 17.6. The molecule has 3 atom stereocenters. The molecule has 0 aromatic carbocycles. The third kappa shape index (κ3) is 24.7. The molecule has 0 aromatic rings. The van der Waals surface area contributed by atoms with Gasteiger partial charge in [0, 0.05) is 12.8 Å². The fourth-order valence-electron chi connectivity index (χ4n) is 2.12. The molecular weight excluding hydrogens is 472 g/mol. The summed E-state index contributed by atoms with van der Waals surface area (Å²) in [5, 5.41) is 28.6. The summed E-state index contributed by atoms with van der Waals surface area (Å²) in [5.41, 5.74) is 5.99. The van der Waals surface area contributed by atoms with E-state index in [0.717, 1.165) is 0 Å². The second-order valence-electron chi connectivity index (χ2n) is 9.69. The van der Waals surface area contributed by atoms with Gasteiger partial charge in [-0.25, -0.2) is 0 Å². The molecule has 8 nitrogen and oxygen atoms in total. The van der Waals surface area contributed by atoms with Gasteiger partial charge in [0.05, 0.1) is 25.7 Å². The van der Waals surface area contributed by atoms with Crippen LogP contribution in [0.1, 0.15) is 39.5 Å². The highest BCUT2D eigenvalue weighted by Crippen LogP contribution is 2.05. The normalized spacial score (nSPS) is 13.4. The van der Waals surface area contributed by atoms with Gasteiger partial charge in [-0.3, -0.25) is 14.4 Å². The fraction of sp³-hybridized carbons (Fsp3) is 0.708. The summed E-state index contributed by atoms with van der Waals surface area (Å²) < 4.78 is 9.34. The van der Waals surface area contributed by atoms with E-state index < -0.39 is 46.4 Å². The lowest BCUT2D eigenvalue weighted by atomic mass is 10.1. The number of carbonyl (C=O) groups is 3. The average molecular weight is 515 g/mol. The molecule has 0 fully saturated rings. The molecule has 3 N–H and O–H groups in total. The molecule has 34 heavy (non-hydrogen) atoms. The zero-order chi connectivity index (χ0) is 26.9. The lowest BCUT2D eigenvalue weighted by molar-refractivity contribution is -0.147. The van der Waals surface area contributed by atoms with Crippen LogP contribution in [-0.2, 0) is 23.9 Å². The molecule has 1 unspecified atom stereocenters. The zero-order valence-corrected chi connectivity index (χ0v) is 23.9. The van der Waals surface area contributed by atoms with E-state index in [1.807, 2.05) is 19.6 Å². The van der Waals surface area contributed by atoms with Gasteiger partial charge in [0.25, 0.3) is 0 Å². The van der Waals surface area contributed by atoms with Crippen LogP contribution in [0.3, 0.4) is 0 Å². The Morgan fingerprint density at radius 2 is 1.18 bits per heavy atom. The number of carbonyl (C=O) groups excluding carboxylic acids is 3. The first kappa shape index (κ1) is 34.2. The topological polar surface area (TPSA) is 130 Å². The predicted octanol–water partition coefficient (Wildman–Crippen LogP) is 2.07. The first-order chi connectivity index (χ1) is 15.5. The summed E-state index contributed by atoms with van der Waals surface area (Å²) in [7, 11) is -3.05. The van der Waals surface area contributed by atoms with Crippen molar-refractivity contribution in [1.29, 1.82) is 0 Å². The molecule has 0 saturated carbocycles. The van der Waals surface area contributed by atoms with Gasteiger partial charge in [-0.05, 0) is 13.8 Å². The van der Waals surface area contributed by atoms with Crippen LogP contribution in [0.4, 0.5) is 0 Å². The minimum Gasteiger partial charge on any atom is -0.466 e. The average Bonchev–Trinajstić information content (AvgIpc) is 2.64. The summed E-state index contributed by atoms with van der Waals surface area (Å²) in [5.74, 6) is 4.01. The van der Waals surface area contributed by atoms with E-state index in [4.69, 9.17) is 4.74 Å². The molecule has 0 aromatic heterocycles. The highest BCUT2D eigenvalue weighted by molar-refractivity contribution is 6.84. The van der Waals surface area contributed by atoms with Crippen LogP contribution < -0.4 is 0 Å². The molecule has 0 aliphatic heterocycles. The Hall–Kier alpha value is -1.96. The maximum atomic E-state index is 11.3. The third-order valence-electron chi connectivity index (χ3n) is 3.50. The minimum atomic E-state index is -1.54. The van der Waals surface area contributed by atoms with Crippen molar-refractivity contribution >= 4 is 33.9 Å². The first-order valence-corrected chi connectivity index (χ1v) is 18.4. The first-order valence-electron chi connectivity index (χ1n) is 11.4. The monoisotopic (exact) mass is 514 g/mol. The number of rotatable bonds is 10. The maximum absolute atomic E-state index is 11.3. The van der Waals surface area contributed by atoms with Crippen LogP contribution in [0, 0.1) is 22.9 Å². The lowest BCUT2D eigenvalue weighted by Gasteiger charge is -2.11. The standard InChI is InChI=1S/C12H22O4Si.C12H20O4Si/c2*1-5-16-12(15)9-11(14)8-10(13)6-7-17(2,3)4/h10-11,13-14H,5,8-9H2,1-4H3;10,13H,5,8-9H2,1-4H3/t10-,11-;/m1./s1. The molecule has 0 amide bonds. The molecule has 0 spiro atoms. The van der Waals surface area contributed by atoms with Crippen molar-refractivity contribution in [3.8, 4) is 22.9 Å². The zero-order valence-electron chi connectivity index (χ0n) is 21.9. The van der Waals surface area contributed by atoms with Gasteiger partial charge in [0.2, 0.25) is 0 Å². The summed E-state index contributed by atoms with van der Waals surface area (Å²) in [4.78, 5) is 33.4. The SMILES string of the molecule is CCOC(=O)CC(=O)CC(O)C#C[Si](C)(C)C.CCOC(=O)C[C@H](O)C[C@H](O)C#C[Si](C)(C)C. The van der Waals surface area contributed by atoms with Gasteiger partial charge < -0.3 is 24.8 Å². The number of hydrogen-bond acceptors (Lipinski definition) is 8. The van der Waals surface area contributed by atoms with Crippen LogP contribution in [0.25, 0.3) is 0 Å². The van der Waals surface area contributed by atoms with Crippen molar-refractivity contribution in [3.05, 3.63) is 0 Å². The second kappa shape index (κ2) is 17.5. The number of ketones is 1. The van der Waals surface area contributed by atoms with Crippen molar-refractivity contribution in [3.63, 3.8) is 0 Å². The highest BCUT2D eigenvalue weighted by atomic mass is 28.3. The molecule has 194 valence electrons. The Balaban J connectivity index is 0. The van der Waals surface area contributed by atoms with E-state index in [-0.39, 0.29) is 38.1 Å². The van der Waals surface area contributed by atoms with Crippen molar-refractivity contribution in [2.45, 2.75) is 97.1 Å². The van der Waals surface area contributed by atoms with E-state index in [1.165, 1.54) is 0 Å². The number of aliphatic hydroxyl groups excluding tert-OH is 3. The summed E-state index contributed by atoms with van der Waals surface area (Å²) in [6.07, 6.45) is -3.19. The Labute approximate surface area is 206 Å². The van der Waals surface area contributed by atoms with Gasteiger partial charge >= 0.3 is 11.9 Å². The number of hydrogen-bond donors (Lipinski definition) is 3. The number of Topliss-reactive ketones (excluding diaryl/α,β-unsaturated/α-hetero) is 1. The second-order valence-corrected chi connectivity index (χ2v) is 19.2. The quantitative estimate of drug-likeness (QED) is 0.175. The molecule has 0 aliphatic carbocycles. The van der Waals surface area contributed by atoms with E-state index in [0.29, 0.717) is 6.61 Å². The summed E-state index contributed by atoms with van der Waals surface area (Å²) in [6.45, 7) is 16.3. The van der Waals surface area contributed by atoms with Gasteiger partial charge in [-0.15, -0.1) is 11.1 Å². The van der Waals surface area contributed by atoms with Gasteiger partial charge in [-0.1, -0.05) is 51.1 Å². The molecular formula is C24H42O8Si2. The maximum Gasteiger partial charge on any atom is 0.313 e. The van der Waals surface area contributed by atoms with Crippen LogP contribution in [-0.4, -0.2) is 80.7 Å². The van der Waals surface area contributed by atoms with Gasteiger partial charge in [0.15, 0.2) is 0 Å². The van der Waals surface area contributed by atoms with Crippen molar-refractivity contribution in [2.24, 2.45) is 0 Å². The van der Waals surface area contributed by atoms with Crippen molar-refractivity contribution in [1.82, 2.24) is 0 Å². The molecule has 10 heteroatoms. The van der Waals surface area contributed by atoms with Crippen LogP contribution >= 0.6 is 0 Å². The van der Waals surface area contributed by atoms with Crippen LogP contribution in [0.5, 0.6) is 0 Å². The number of esters is 2. The third-order valence-corrected chi connectivity index (χ3v) is 5.29. The van der Waals surface area contributed by atoms with Gasteiger partial charge in [0.1, 0.15) is 40.6 Å². The van der Waals surface area contributed by atoms with Gasteiger partial charge in [-0.2, -0.15) is 0 Å². The molecule has 0 rings (SSSR count). The van der Waals surface area contributed by atoms with Crippen LogP contribution in [0.2, 0.25) is 39.3 Å². The summed E-state index contributed by atoms with van der Waals surface area (Å²) in [6, 6.07) is 0. The predicted molar refractivity (Wildman–Crippen MR) is 137 cm³/mol. The molecule has 0 radical (unpaired) electrons. The number of ether oxygens (including phenoxy) is 2. The Morgan fingerprint density at radius 1 is 0.735 bits per heavy atom.